The Bertz CT molecular complexity index is 313. The molecule has 0 aromatic heterocycles. The molecule has 1 unspecified atom stereocenters. The second-order valence-electron chi connectivity index (χ2n) is 6.57. The smallest absolute Gasteiger partial charge is 0.313 e. The van der Waals surface area contributed by atoms with Crippen LogP contribution in [0.5, 0.6) is 0 Å². The van der Waals surface area contributed by atoms with Crippen LogP contribution in [-0.4, -0.2) is 23.6 Å². The summed E-state index contributed by atoms with van der Waals surface area (Å²) in [4.78, 5) is 12.0. The molecule has 0 aromatic carbocycles. The molecule has 2 nitrogen and oxygen atoms in total. The molecule has 4 aliphatic carbocycles. The van der Waals surface area contributed by atoms with Crippen molar-refractivity contribution in [3.63, 3.8) is 0 Å². The van der Waals surface area contributed by atoms with E-state index in [9.17, 15) is 4.79 Å². The van der Waals surface area contributed by atoms with Gasteiger partial charge in [0, 0.05) is 0 Å². The number of esters is 1. The number of alkyl halides is 1. The summed E-state index contributed by atoms with van der Waals surface area (Å²) in [7, 11) is 5.75. The Hall–Kier alpha value is 0.0149. The summed E-state index contributed by atoms with van der Waals surface area (Å²) >= 11 is 3.19. The van der Waals surface area contributed by atoms with Gasteiger partial charge in [-0.05, 0) is 63.2 Å². The Labute approximate surface area is 112 Å². The normalized spacial score (nSPS) is 46.6. The number of hydrogen-bond donors (Lipinski definition) is 0. The fourth-order valence-electron chi connectivity index (χ4n) is 4.45. The highest BCUT2D eigenvalue weighted by molar-refractivity contribution is 9.10. The van der Waals surface area contributed by atoms with Crippen molar-refractivity contribution in [1.82, 2.24) is 0 Å². The minimum Gasteiger partial charge on any atom is -0.459 e. The number of ether oxygens (including phenoxy) is 1. The Morgan fingerprint density at radius 1 is 1.24 bits per heavy atom. The maximum absolute atomic E-state index is 12.0. The van der Waals surface area contributed by atoms with Crippen LogP contribution in [0.15, 0.2) is 0 Å². The summed E-state index contributed by atoms with van der Waals surface area (Å²) in [5, 5.41) is 0. The lowest BCUT2D eigenvalue weighted by Crippen LogP contribution is -2.54. The van der Waals surface area contributed by atoms with Gasteiger partial charge in [-0.1, -0.05) is 15.9 Å². The van der Waals surface area contributed by atoms with E-state index >= 15 is 0 Å². The van der Waals surface area contributed by atoms with Crippen molar-refractivity contribution in [2.75, 3.05) is 0 Å². The van der Waals surface area contributed by atoms with Gasteiger partial charge in [-0.15, -0.1) is 0 Å². The van der Waals surface area contributed by atoms with Crippen LogP contribution in [-0.2, 0) is 9.53 Å². The van der Waals surface area contributed by atoms with Gasteiger partial charge in [0.25, 0.3) is 0 Å². The van der Waals surface area contributed by atoms with E-state index < -0.39 is 4.22 Å². The first-order valence-electron chi connectivity index (χ1n) is 6.57. The highest BCUT2D eigenvalue weighted by atomic mass is 79.9. The Morgan fingerprint density at radius 2 is 1.65 bits per heavy atom. The van der Waals surface area contributed by atoms with Crippen molar-refractivity contribution in [1.29, 1.82) is 0 Å². The fourth-order valence-corrected chi connectivity index (χ4v) is 4.53. The van der Waals surface area contributed by atoms with Crippen LogP contribution in [0.1, 0.15) is 45.4 Å². The van der Waals surface area contributed by atoms with Gasteiger partial charge in [0.1, 0.15) is 13.4 Å². The molecular weight excluding hydrogens is 279 g/mol. The SMILES string of the molecule is [B]C(C)(Br)C(=O)OC12CC3CC(CC(C3)C1)C2. The summed E-state index contributed by atoms with van der Waals surface area (Å²) in [5.74, 6) is 2.05. The largest absolute Gasteiger partial charge is 0.459 e. The molecule has 2 radical (unpaired) electrons. The molecule has 0 aromatic rings. The summed E-state index contributed by atoms with van der Waals surface area (Å²) in [6.45, 7) is 1.65. The summed E-state index contributed by atoms with van der Waals surface area (Å²) < 4.78 is 4.76. The molecule has 4 bridgehead atoms. The maximum atomic E-state index is 12.0. The quantitative estimate of drug-likeness (QED) is 0.445. The summed E-state index contributed by atoms with van der Waals surface area (Å²) in [6, 6.07) is 0. The molecule has 0 spiro atoms. The fraction of sp³-hybridized carbons (Fsp3) is 0.923. The predicted molar refractivity (Wildman–Crippen MR) is 70.1 cm³/mol. The molecule has 4 rings (SSSR count). The number of halogens is 1. The zero-order valence-electron chi connectivity index (χ0n) is 10.2. The molecule has 0 amide bonds. The number of rotatable bonds is 2. The van der Waals surface area contributed by atoms with E-state index in [-0.39, 0.29) is 11.6 Å². The predicted octanol–water partition coefficient (Wildman–Crippen LogP) is 2.78. The van der Waals surface area contributed by atoms with Crippen LogP contribution in [0.3, 0.4) is 0 Å². The van der Waals surface area contributed by atoms with Crippen molar-refractivity contribution < 1.29 is 9.53 Å². The van der Waals surface area contributed by atoms with Crippen molar-refractivity contribution in [2.24, 2.45) is 17.8 Å². The Kier molecular flexibility index (Phi) is 2.66. The third-order valence-corrected chi connectivity index (χ3v) is 5.01. The number of carbonyl (C=O) groups is 1. The molecule has 1 atom stereocenters. The zero-order valence-corrected chi connectivity index (χ0v) is 11.8. The highest BCUT2D eigenvalue weighted by Gasteiger charge is 2.53. The molecule has 92 valence electrons. The van der Waals surface area contributed by atoms with Gasteiger partial charge in [0.05, 0.1) is 4.22 Å². The lowest BCUT2D eigenvalue weighted by Gasteiger charge is -2.56. The van der Waals surface area contributed by atoms with E-state index in [1.54, 1.807) is 6.92 Å². The third-order valence-electron chi connectivity index (χ3n) is 4.69. The van der Waals surface area contributed by atoms with Crippen molar-refractivity contribution in [3.8, 4) is 0 Å². The third kappa shape index (κ3) is 2.18. The minimum absolute atomic E-state index is 0.180. The lowest BCUT2D eigenvalue weighted by atomic mass is 9.54. The monoisotopic (exact) mass is 296 g/mol. The van der Waals surface area contributed by atoms with Crippen LogP contribution in [0.4, 0.5) is 0 Å². The van der Waals surface area contributed by atoms with Crippen LogP contribution in [0.2, 0.25) is 0 Å². The first-order chi connectivity index (χ1) is 7.86. The molecule has 4 heteroatoms. The minimum atomic E-state index is -1.05. The van der Waals surface area contributed by atoms with Crippen LogP contribution in [0.25, 0.3) is 0 Å². The standard InChI is InChI=1S/C13H18BBrO2/c1-12(14,15)11(16)17-13-5-8-2-9(6-13)4-10(3-8)7-13/h8-10H,2-7H2,1H3. The average Bonchev–Trinajstić information content (AvgIpc) is 2.12. The Morgan fingerprint density at radius 3 is 2.00 bits per heavy atom. The van der Waals surface area contributed by atoms with E-state index in [1.165, 1.54) is 19.3 Å². The van der Waals surface area contributed by atoms with Gasteiger partial charge in [-0.3, -0.25) is 4.79 Å². The van der Waals surface area contributed by atoms with E-state index in [0.29, 0.717) is 0 Å². The van der Waals surface area contributed by atoms with E-state index in [1.807, 2.05) is 0 Å². The van der Waals surface area contributed by atoms with Gasteiger partial charge >= 0.3 is 5.97 Å². The van der Waals surface area contributed by atoms with Crippen LogP contribution >= 0.6 is 15.9 Å². The van der Waals surface area contributed by atoms with Gasteiger partial charge in [0.2, 0.25) is 0 Å². The Balaban J connectivity index is 1.76. The second-order valence-corrected chi connectivity index (χ2v) is 8.21. The van der Waals surface area contributed by atoms with Crippen molar-refractivity contribution >= 4 is 29.7 Å². The van der Waals surface area contributed by atoms with Gasteiger partial charge in [-0.25, -0.2) is 0 Å². The highest BCUT2D eigenvalue weighted by Crippen LogP contribution is 2.57. The molecule has 0 heterocycles. The maximum Gasteiger partial charge on any atom is 0.313 e. The summed E-state index contributed by atoms with van der Waals surface area (Å²) in [6.07, 6.45) is 7.25. The first kappa shape index (κ1) is 12.1. The van der Waals surface area contributed by atoms with Gasteiger partial charge in [0.15, 0.2) is 0 Å². The molecule has 0 saturated heterocycles. The first-order valence-corrected chi connectivity index (χ1v) is 7.37. The molecule has 4 saturated carbocycles. The molecule has 4 aliphatic rings. The van der Waals surface area contributed by atoms with Crippen molar-refractivity contribution in [3.05, 3.63) is 0 Å². The van der Waals surface area contributed by atoms with Crippen molar-refractivity contribution in [2.45, 2.75) is 55.3 Å². The van der Waals surface area contributed by atoms with Gasteiger partial charge in [-0.2, -0.15) is 0 Å². The van der Waals surface area contributed by atoms with E-state index in [4.69, 9.17) is 12.6 Å². The average molecular weight is 297 g/mol. The molecule has 4 fully saturated rings. The van der Waals surface area contributed by atoms with Gasteiger partial charge < -0.3 is 4.74 Å². The lowest BCUT2D eigenvalue weighted by molar-refractivity contribution is -0.186. The van der Waals surface area contributed by atoms with E-state index in [2.05, 4.69) is 15.9 Å². The van der Waals surface area contributed by atoms with E-state index in [0.717, 1.165) is 37.0 Å². The van der Waals surface area contributed by atoms with Crippen LogP contribution < -0.4 is 0 Å². The summed E-state index contributed by atoms with van der Waals surface area (Å²) in [5.41, 5.74) is -0.180. The topological polar surface area (TPSA) is 26.3 Å². The van der Waals surface area contributed by atoms with Crippen LogP contribution in [0, 0.1) is 17.8 Å². The molecule has 17 heavy (non-hydrogen) atoms. The molecule has 0 N–H and O–H groups in total. The zero-order chi connectivity index (χ0) is 12.3. The number of hydrogen-bond acceptors (Lipinski definition) is 2. The molecule has 0 aliphatic heterocycles. The second kappa shape index (κ2) is 3.75. The number of carbonyl (C=O) groups excluding carboxylic acids is 1. The molecular formula is C13H18BBrO2.